The van der Waals surface area contributed by atoms with Gasteiger partial charge in [0.25, 0.3) is 0 Å². The molecule has 1 unspecified atom stereocenters. The van der Waals surface area contributed by atoms with E-state index in [0.717, 1.165) is 0 Å². The average molecular weight is 160 g/mol. The van der Waals surface area contributed by atoms with Gasteiger partial charge in [-0.05, 0) is 11.6 Å². The summed E-state index contributed by atoms with van der Waals surface area (Å²) in [4.78, 5) is 16.8. The topological polar surface area (TPSA) is 71.8 Å². The first-order valence-corrected chi connectivity index (χ1v) is 3.03. The second kappa shape index (κ2) is 2.81. The van der Waals surface area contributed by atoms with Gasteiger partial charge in [-0.3, -0.25) is 4.79 Å². The molecule has 54 valence electrons. The molecule has 0 aliphatic carbocycles. The van der Waals surface area contributed by atoms with Gasteiger partial charge in [0, 0.05) is 6.20 Å². The Morgan fingerprint density at radius 3 is 3.00 bits per heavy atom. The predicted octanol–water partition coefficient (Wildman–Crippen LogP) is 0.175. The monoisotopic (exact) mass is 159 g/mol. The van der Waals surface area contributed by atoms with Crippen molar-refractivity contribution < 1.29 is 4.79 Å². The molecule has 1 heterocycles. The van der Waals surface area contributed by atoms with E-state index in [4.69, 9.17) is 17.3 Å². The lowest BCUT2D eigenvalue weighted by Crippen LogP contribution is -2.16. The van der Waals surface area contributed by atoms with Crippen LogP contribution in [0.15, 0.2) is 12.5 Å². The lowest BCUT2D eigenvalue weighted by atomic mass is 10.3. The Kier molecular flexibility index (Phi) is 2.03. The number of carbonyl (C=O) groups is 1. The molecule has 0 fully saturated rings. The van der Waals surface area contributed by atoms with Gasteiger partial charge < -0.3 is 10.7 Å². The van der Waals surface area contributed by atoms with Gasteiger partial charge in [-0.2, -0.15) is 0 Å². The van der Waals surface area contributed by atoms with Gasteiger partial charge in [-0.15, -0.1) is 0 Å². The number of aromatic amines is 1. The van der Waals surface area contributed by atoms with E-state index < -0.39 is 11.3 Å². The van der Waals surface area contributed by atoms with Gasteiger partial charge in [0.2, 0.25) is 5.24 Å². The van der Waals surface area contributed by atoms with Gasteiger partial charge in [0.1, 0.15) is 6.04 Å². The molecule has 0 amide bonds. The minimum Gasteiger partial charge on any atom is -0.351 e. The Hall–Kier alpha value is -0.870. The van der Waals surface area contributed by atoms with Crippen molar-refractivity contribution >= 4 is 16.8 Å². The van der Waals surface area contributed by atoms with Crippen LogP contribution in [-0.4, -0.2) is 15.2 Å². The largest absolute Gasteiger partial charge is 0.351 e. The number of carbonyl (C=O) groups excluding carboxylic acids is 1. The van der Waals surface area contributed by atoms with Crippen LogP contribution in [0.2, 0.25) is 0 Å². The smallest absolute Gasteiger partial charge is 0.244 e. The zero-order valence-corrected chi connectivity index (χ0v) is 5.80. The number of hydrogen-bond acceptors (Lipinski definition) is 3. The molecule has 0 saturated carbocycles. The van der Waals surface area contributed by atoms with Crippen molar-refractivity contribution in [3.05, 3.63) is 18.2 Å². The molecule has 1 rings (SSSR count). The van der Waals surface area contributed by atoms with Crippen molar-refractivity contribution in [2.24, 2.45) is 5.73 Å². The van der Waals surface area contributed by atoms with Crippen LogP contribution in [0.1, 0.15) is 11.7 Å². The molecule has 0 saturated heterocycles. The predicted molar refractivity (Wildman–Crippen MR) is 36.4 cm³/mol. The maximum Gasteiger partial charge on any atom is 0.244 e. The summed E-state index contributed by atoms with van der Waals surface area (Å²) in [5.41, 5.74) is 5.78. The number of aromatic nitrogens is 2. The average Bonchev–Trinajstić information content (AvgIpc) is 2.36. The van der Waals surface area contributed by atoms with E-state index in [1.54, 1.807) is 0 Å². The van der Waals surface area contributed by atoms with Crippen LogP contribution >= 0.6 is 11.6 Å². The van der Waals surface area contributed by atoms with Crippen molar-refractivity contribution in [3.63, 3.8) is 0 Å². The quantitative estimate of drug-likeness (QED) is 0.605. The minimum absolute atomic E-state index is 0.458. The molecule has 3 N–H and O–H groups in total. The van der Waals surface area contributed by atoms with Gasteiger partial charge >= 0.3 is 0 Å². The van der Waals surface area contributed by atoms with E-state index in [1.807, 2.05) is 0 Å². The molecule has 4 nitrogen and oxygen atoms in total. The number of rotatable bonds is 2. The Labute approximate surface area is 62.4 Å². The van der Waals surface area contributed by atoms with Gasteiger partial charge in [0.05, 0.1) is 12.0 Å². The highest BCUT2D eigenvalue weighted by atomic mass is 35.5. The van der Waals surface area contributed by atoms with Crippen LogP contribution in [0.4, 0.5) is 0 Å². The van der Waals surface area contributed by atoms with E-state index in [0.29, 0.717) is 5.69 Å². The molecule has 0 aliphatic heterocycles. The zero-order valence-electron chi connectivity index (χ0n) is 5.04. The van der Waals surface area contributed by atoms with E-state index >= 15 is 0 Å². The minimum atomic E-state index is -0.812. The fraction of sp³-hybridized carbons (Fsp3) is 0.200. The van der Waals surface area contributed by atoms with E-state index in [-0.39, 0.29) is 0 Å². The molecule has 1 aromatic heterocycles. The lowest BCUT2D eigenvalue weighted by molar-refractivity contribution is -0.112. The van der Waals surface area contributed by atoms with Crippen LogP contribution in [0.25, 0.3) is 0 Å². The number of imidazole rings is 1. The highest BCUT2D eigenvalue weighted by molar-refractivity contribution is 6.64. The second-order valence-electron chi connectivity index (χ2n) is 1.78. The Morgan fingerprint density at radius 1 is 1.90 bits per heavy atom. The fourth-order valence-electron chi connectivity index (χ4n) is 0.558. The van der Waals surface area contributed by atoms with Gasteiger partial charge in [0.15, 0.2) is 0 Å². The fourth-order valence-corrected chi connectivity index (χ4v) is 0.670. The molecule has 5 heteroatoms. The standard InChI is InChI=1S/C5H6ClN3O/c6-5(10)4(7)3-1-8-2-9-3/h1-2,4H,7H2,(H,8,9). The van der Waals surface area contributed by atoms with E-state index in [2.05, 4.69) is 9.97 Å². The first kappa shape index (κ1) is 7.24. The molecule has 0 aliphatic rings. The van der Waals surface area contributed by atoms with Crippen LogP contribution in [0, 0.1) is 0 Å². The molecule has 0 aromatic carbocycles. The van der Waals surface area contributed by atoms with Crippen LogP contribution in [0.5, 0.6) is 0 Å². The number of H-pyrrole nitrogens is 1. The summed E-state index contributed by atoms with van der Waals surface area (Å²) in [6.45, 7) is 0. The number of nitrogens with zero attached hydrogens (tertiary/aromatic N) is 1. The first-order chi connectivity index (χ1) is 4.72. The van der Waals surface area contributed by atoms with Crippen molar-refractivity contribution in [2.75, 3.05) is 0 Å². The molecule has 0 bridgehead atoms. The Morgan fingerprint density at radius 2 is 2.60 bits per heavy atom. The van der Waals surface area contributed by atoms with Gasteiger partial charge in [-0.25, -0.2) is 4.98 Å². The summed E-state index contributed by atoms with van der Waals surface area (Å²) in [5, 5.41) is -0.605. The van der Waals surface area contributed by atoms with Gasteiger partial charge in [-0.1, -0.05) is 0 Å². The molecule has 1 atom stereocenters. The molecule has 0 spiro atoms. The summed E-state index contributed by atoms with van der Waals surface area (Å²) < 4.78 is 0. The number of nitrogens with two attached hydrogens (primary N) is 1. The number of hydrogen-bond donors (Lipinski definition) is 2. The third kappa shape index (κ3) is 1.34. The van der Waals surface area contributed by atoms with Crippen LogP contribution in [0.3, 0.4) is 0 Å². The van der Waals surface area contributed by atoms with Crippen molar-refractivity contribution in [3.8, 4) is 0 Å². The molecule has 10 heavy (non-hydrogen) atoms. The van der Waals surface area contributed by atoms with Crippen molar-refractivity contribution in [2.45, 2.75) is 6.04 Å². The zero-order chi connectivity index (χ0) is 7.56. The normalized spacial score (nSPS) is 13.0. The van der Waals surface area contributed by atoms with E-state index in [9.17, 15) is 4.79 Å². The number of nitrogens with one attached hydrogen (secondary N) is 1. The summed E-state index contributed by atoms with van der Waals surface area (Å²) in [7, 11) is 0. The van der Waals surface area contributed by atoms with Crippen LogP contribution in [-0.2, 0) is 4.79 Å². The summed E-state index contributed by atoms with van der Waals surface area (Å²) in [6.07, 6.45) is 2.97. The molecule has 1 aromatic rings. The first-order valence-electron chi connectivity index (χ1n) is 2.65. The number of halogens is 1. The summed E-state index contributed by atoms with van der Waals surface area (Å²) in [5.74, 6) is 0. The van der Waals surface area contributed by atoms with Crippen LogP contribution < -0.4 is 5.73 Å². The van der Waals surface area contributed by atoms with Crippen molar-refractivity contribution in [1.82, 2.24) is 9.97 Å². The highest BCUT2D eigenvalue weighted by Crippen LogP contribution is 2.07. The Bertz CT molecular complexity index is 221. The molecular formula is C5H6ClN3O. The highest BCUT2D eigenvalue weighted by Gasteiger charge is 2.13. The summed E-state index contributed by atoms with van der Waals surface area (Å²) >= 11 is 5.10. The van der Waals surface area contributed by atoms with E-state index in [1.165, 1.54) is 12.5 Å². The Balaban J connectivity index is 2.77. The molecule has 0 radical (unpaired) electrons. The molecular weight excluding hydrogens is 154 g/mol. The third-order valence-electron chi connectivity index (χ3n) is 1.08. The summed E-state index contributed by atoms with van der Waals surface area (Å²) in [6, 6.07) is -0.812. The SMILES string of the molecule is NC(C(=O)Cl)c1c[nH]cn1. The second-order valence-corrected chi connectivity index (χ2v) is 2.15. The maximum atomic E-state index is 10.4. The third-order valence-corrected chi connectivity index (χ3v) is 1.32. The van der Waals surface area contributed by atoms with Crippen molar-refractivity contribution in [1.29, 1.82) is 0 Å². The maximum absolute atomic E-state index is 10.4. The lowest BCUT2D eigenvalue weighted by Gasteiger charge is -1.98.